The third-order valence-corrected chi connectivity index (χ3v) is 6.16. The number of amides is 1. The van der Waals surface area contributed by atoms with Crippen molar-refractivity contribution in [2.75, 3.05) is 0 Å². The van der Waals surface area contributed by atoms with Crippen LogP contribution in [0.3, 0.4) is 0 Å². The number of aromatic nitrogens is 3. The van der Waals surface area contributed by atoms with E-state index in [1.807, 2.05) is 42.5 Å². The largest absolute Gasteiger partial charge is 0.489 e. The Morgan fingerprint density at radius 2 is 1.66 bits per heavy atom. The van der Waals surface area contributed by atoms with Crippen molar-refractivity contribution in [3.05, 3.63) is 119 Å². The Morgan fingerprint density at radius 1 is 0.921 bits per heavy atom. The Balaban J connectivity index is 1.24. The quantitative estimate of drug-likeness (QED) is 0.278. The van der Waals surface area contributed by atoms with Crippen molar-refractivity contribution in [1.82, 2.24) is 19.9 Å². The highest BCUT2D eigenvalue weighted by atomic mass is 35.5. The lowest BCUT2D eigenvalue weighted by Crippen LogP contribution is -2.42. The molecule has 9 heteroatoms. The monoisotopic (exact) mass is 526 g/mol. The number of benzene rings is 3. The highest BCUT2D eigenvalue weighted by molar-refractivity contribution is 6.30. The van der Waals surface area contributed by atoms with E-state index in [1.54, 1.807) is 48.5 Å². The minimum Gasteiger partial charge on any atom is -0.489 e. The maximum absolute atomic E-state index is 12.9. The first-order chi connectivity index (χ1) is 18.4. The van der Waals surface area contributed by atoms with Crippen molar-refractivity contribution < 1.29 is 19.4 Å². The molecule has 190 valence electrons. The van der Waals surface area contributed by atoms with Gasteiger partial charge in [0.05, 0.1) is 11.9 Å². The molecule has 2 heterocycles. The van der Waals surface area contributed by atoms with E-state index in [9.17, 15) is 14.7 Å². The second kappa shape index (κ2) is 11.1. The van der Waals surface area contributed by atoms with Gasteiger partial charge in [-0.3, -0.25) is 4.79 Å². The fourth-order valence-corrected chi connectivity index (χ4v) is 4.02. The Hall–Kier alpha value is -4.69. The van der Waals surface area contributed by atoms with Crippen LogP contribution in [0.25, 0.3) is 16.9 Å². The molecule has 0 bridgehead atoms. The van der Waals surface area contributed by atoms with E-state index in [-0.39, 0.29) is 12.1 Å². The molecule has 0 aliphatic carbocycles. The van der Waals surface area contributed by atoms with E-state index in [0.29, 0.717) is 28.7 Å². The summed E-state index contributed by atoms with van der Waals surface area (Å²) in [7, 11) is 0. The van der Waals surface area contributed by atoms with Crippen LogP contribution in [0.1, 0.15) is 21.6 Å². The van der Waals surface area contributed by atoms with E-state index in [2.05, 4.69) is 15.4 Å². The number of carbonyl (C=O) groups is 2. The van der Waals surface area contributed by atoms with Crippen LogP contribution in [0, 0.1) is 0 Å². The summed E-state index contributed by atoms with van der Waals surface area (Å²) in [5.41, 5.74) is 3.87. The average molecular weight is 527 g/mol. The van der Waals surface area contributed by atoms with Gasteiger partial charge in [-0.2, -0.15) is 5.10 Å². The molecule has 2 N–H and O–H groups in total. The van der Waals surface area contributed by atoms with Gasteiger partial charge in [-0.15, -0.1) is 0 Å². The summed E-state index contributed by atoms with van der Waals surface area (Å²) in [5.74, 6) is -1.07. The zero-order valence-electron chi connectivity index (χ0n) is 20.1. The van der Waals surface area contributed by atoms with E-state index in [1.165, 1.54) is 10.7 Å². The Morgan fingerprint density at radius 3 is 2.37 bits per heavy atom. The van der Waals surface area contributed by atoms with Crippen LogP contribution in [0.15, 0.2) is 97.2 Å². The number of carbonyl (C=O) groups excluding carboxylic acids is 1. The first kappa shape index (κ1) is 25.0. The number of fused-ring (bicyclic) bond motifs is 1. The van der Waals surface area contributed by atoms with Gasteiger partial charge < -0.3 is 15.2 Å². The van der Waals surface area contributed by atoms with Gasteiger partial charge >= 0.3 is 5.97 Å². The first-order valence-corrected chi connectivity index (χ1v) is 12.2. The van der Waals surface area contributed by atoms with Gasteiger partial charge in [-0.1, -0.05) is 66.2 Å². The maximum atomic E-state index is 12.9. The number of ether oxygens (including phenoxy) is 1. The van der Waals surface area contributed by atoms with Crippen molar-refractivity contribution in [1.29, 1.82) is 0 Å². The zero-order chi connectivity index (χ0) is 26.5. The van der Waals surface area contributed by atoms with Gasteiger partial charge in [-0.05, 0) is 47.5 Å². The van der Waals surface area contributed by atoms with Gasteiger partial charge in [0.1, 0.15) is 24.1 Å². The van der Waals surface area contributed by atoms with Gasteiger partial charge in [0.2, 0.25) is 0 Å². The Labute approximate surface area is 223 Å². The van der Waals surface area contributed by atoms with Gasteiger partial charge in [0, 0.05) is 17.0 Å². The normalized spacial score (nSPS) is 11.7. The third kappa shape index (κ3) is 5.99. The maximum Gasteiger partial charge on any atom is 0.326 e. The number of rotatable bonds is 9. The molecule has 0 fully saturated rings. The lowest BCUT2D eigenvalue weighted by atomic mass is 10.1. The highest BCUT2D eigenvalue weighted by Crippen LogP contribution is 2.20. The summed E-state index contributed by atoms with van der Waals surface area (Å²) >= 11 is 5.96. The second-order valence-electron chi connectivity index (χ2n) is 8.64. The number of nitrogens with one attached hydrogen (secondary N) is 1. The Bertz CT molecular complexity index is 1570. The predicted molar refractivity (Wildman–Crippen MR) is 143 cm³/mol. The fourth-order valence-electron chi connectivity index (χ4n) is 3.90. The SMILES string of the molecule is O=C(N[C@@H](Cc1ccc(OCc2ccccc2)cc1)C(=O)O)c1cn2nc(-c3ccc(Cl)cc3)ccc2n1. The third-order valence-electron chi connectivity index (χ3n) is 5.91. The van der Waals surface area contributed by atoms with Crippen LogP contribution >= 0.6 is 11.6 Å². The van der Waals surface area contributed by atoms with E-state index < -0.39 is 17.9 Å². The van der Waals surface area contributed by atoms with Gasteiger partial charge in [-0.25, -0.2) is 14.3 Å². The van der Waals surface area contributed by atoms with Crippen LogP contribution in [0.5, 0.6) is 5.75 Å². The molecule has 1 atom stereocenters. The van der Waals surface area contributed by atoms with Crippen LogP contribution in [0.2, 0.25) is 5.02 Å². The second-order valence-corrected chi connectivity index (χ2v) is 9.08. The summed E-state index contributed by atoms with van der Waals surface area (Å²) in [6.45, 7) is 0.434. The predicted octanol–water partition coefficient (Wildman–Crippen LogP) is 5.05. The van der Waals surface area contributed by atoms with E-state index in [4.69, 9.17) is 16.3 Å². The molecule has 8 nitrogen and oxygen atoms in total. The summed E-state index contributed by atoms with van der Waals surface area (Å²) in [5, 5.41) is 17.4. The standard InChI is InChI=1S/C29H23ClN4O4/c30-22-10-8-21(9-11-22)24-14-15-27-31-26(17-34(27)33-24)28(35)32-25(29(36)37)16-19-6-12-23(13-7-19)38-18-20-4-2-1-3-5-20/h1-15,17,25H,16,18H2,(H,32,35)(H,36,37)/t25-/m0/s1. The number of hydrogen-bond donors (Lipinski definition) is 2. The molecule has 0 saturated heterocycles. The minimum absolute atomic E-state index is 0.0710. The molecule has 2 aromatic heterocycles. The number of halogens is 1. The van der Waals surface area contributed by atoms with Crippen LogP contribution in [0.4, 0.5) is 0 Å². The molecule has 5 aromatic rings. The van der Waals surface area contributed by atoms with Crippen molar-refractivity contribution >= 4 is 29.1 Å². The Kier molecular flexibility index (Phi) is 7.33. The summed E-state index contributed by atoms with van der Waals surface area (Å²) < 4.78 is 7.27. The first-order valence-electron chi connectivity index (χ1n) is 11.9. The minimum atomic E-state index is -1.14. The molecule has 0 aliphatic rings. The van der Waals surface area contributed by atoms with Crippen LogP contribution in [-0.2, 0) is 17.8 Å². The number of hydrogen-bond acceptors (Lipinski definition) is 5. The molecule has 0 saturated carbocycles. The fraction of sp³-hybridized carbons (Fsp3) is 0.103. The average Bonchev–Trinajstić information content (AvgIpc) is 3.37. The summed E-state index contributed by atoms with van der Waals surface area (Å²) in [6.07, 6.45) is 1.58. The van der Waals surface area contributed by atoms with Gasteiger partial charge in [0.25, 0.3) is 5.91 Å². The van der Waals surface area contributed by atoms with E-state index >= 15 is 0 Å². The molecule has 0 aliphatic heterocycles. The van der Waals surface area contributed by atoms with Crippen molar-refractivity contribution in [2.24, 2.45) is 0 Å². The number of carboxylic acid groups (broad SMARTS) is 1. The molecular weight excluding hydrogens is 504 g/mol. The number of imidazole rings is 1. The topological polar surface area (TPSA) is 106 Å². The molecule has 0 spiro atoms. The molecule has 3 aromatic carbocycles. The smallest absolute Gasteiger partial charge is 0.326 e. The molecule has 38 heavy (non-hydrogen) atoms. The van der Waals surface area contributed by atoms with Crippen molar-refractivity contribution in [3.63, 3.8) is 0 Å². The molecule has 0 radical (unpaired) electrons. The van der Waals surface area contributed by atoms with Crippen molar-refractivity contribution in [3.8, 4) is 17.0 Å². The zero-order valence-corrected chi connectivity index (χ0v) is 20.9. The number of aliphatic carboxylic acids is 1. The highest BCUT2D eigenvalue weighted by Gasteiger charge is 2.23. The lowest BCUT2D eigenvalue weighted by Gasteiger charge is -2.14. The van der Waals surface area contributed by atoms with Crippen LogP contribution < -0.4 is 10.1 Å². The summed E-state index contributed by atoms with van der Waals surface area (Å²) in [6, 6.07) is 26.6. The molecule has 0 unspecified atom stereocenters. The molecular formula is C29H23ClN4O4. The summed E-state index contributed by atoms with van der Waals surface area (Å²) in [4.78, 5) is 29.1. The van der Waals surface area contributed by atoms with E-state index in [0.717, 1.165) is 16.7 Å². The van der Waals surface area contributed by atoms with Crippen molar-refractivity contribution in [2.45, 2.75) is 19.1 Å². The molecule has 5 rings (SSSR count). The molecule has 1 amide bonds. The number of carboxylic acids is 1. The van der Waals surface area contributed by atoms with Gasteiger partial charge in [0.15, 0.2) is 5.65 Å². The lowest BCUT2D eigenvalue weighted by molar-refractivity contribution is -0.139. The number of nitrogens with zero attached hydrogens (tertiary/aromatic N) is 3. The van der Waals surface area contributed by atoms with Crippen LogP contribution in [-0.4, -0.2) is 37.6 Å².